The standard InChI is InChI=1S/C16H21N5/c1-11-5-7-12(8-6-11)13-14(17)19-16(18)20-15(13)21-9-3-2-4-10-21/h5-8H,2-4,9-10H2,1H3,(H4,17,18,19,20). The lowest BCUT2D eigenvalue weighted by atomic mass is 10.0. The third-order valence-electron chi connectivity index (χ3n) is 3.93. The lowest BCUT2D eigenvalue weighted by Gasteiger charge is -2.30. The summed E-state index contributed by atoms with van der Waals surface area (Å²) in [5.74, 6) is 1.56. The smallest absolute Gasteiger partial charge is 0.223 e. The highest BCUT2D eigenvalue weighted by Gasteiger charge is 2.20. The van der Waals surface area contributed by atoms with Crippen LogP contribution in [0.15, 0.2) is 24.3 Å². The van der Waals surface area contributed by atoms with Gasteiger partial charge in [0.05, 0.1) is 5.56 Å². The molecule has 4 N–H and O–H groups in total. The Hall–Kier alpha value is -2.30. The van der Waals surface area contributed by atoms with E-state index in [0.717, 1.165) is 30.0 Å². The number of rotatable bonds is 2. The number of anilines is 3. The van der Waals surface area contributed by atoms with Crippen LogP contribution in [-0.2, 0) is 0 Å². The van der Waals surface area contributed by atoms with Crippen LogP contribution < -0.4 is 16.4 Å². The van der Waals surface area contributed by atoms with Gasteiger partial charge in [-0.3, -0.25) is 0 Å². The molecule has 0 amide bonds. The first-order valence-electron chi connectivity index (χ1n) is 7.40. The highest BCUT2D eigenvalue weighted by atomic mass is 15.2. The van der Waals surface area contributed by atoms with Gasteiger partial charge >= 0.3 is 0 Å². The first-order chi connectivity index (χ1) is 10.1. The second-order valence-corrected chi connectivity index (χ2v) is 5.58. The van der Waals surface area contributed by atoms with Gasteiger partial charge < -0.3 is 16.4 Å². The molecule has 1 saturated heterocycles. The van der Waals surface area contributed by atoms with Crippen LogP contribution in [0.1, 0.15) is 24.8 Å². The van der Waals surface area contributed by atoms with Crippen LogP contribution in [0.3, 0.4) is 0 Å². The van der Waals surface area contributed by atoms with Crippen molar-refractivity contribution in [3.8, 4) is 11.1 Å². The minimum absolute atomic E-state index is 0.240. The Bertz CT molecular complexity index is 630. The summed E-state index contributed by atoms with van der Waals surface area (Å²) in [6.45, 7) is 4.06. The molecule has 0 spiro atoms. The number of aryl methyl sites for hydroxylation is 1. The van der Waals surface area contributed by atoms with Crippen molar-refractivity contribution in [2.45, 2.75) is 26.2 Å². The zero-order valence-corrected chi connectivity index (χ0v) is 12.3. The molecule has 1 fully saturated rings. The number of hydrogen-bond acceptors (Lipinski definition) is 5. The van der Waals surface area contributed by atoms with Gasteiger partial charge in [0.2, 0.25) is 5.95 Å². The average molecular weight is 283 g/mol. The van der Waals surface area contributed by atoms with Crippen LogP contribution in [0.25, 0.3) is 11.1 Å². The fraction of sp³-hybridized carbons (Fsp3) is 0.375. The van der Waals surface area contributed by atoms with Crippen molar-refractivity contribution in [3.05, 3.63) is 29.8 Å². The topological polar surface area (TPSA) is 81.1 Å². The van der Waals surface area contributed by atoms with Gasteiger partial charge in [-0.05, 0) is 31.7 Å². The second kappa shape index (κ2) is 5.60. The Morgan fingerprint density at radius 3 is 2.29 bits per heavy atom. The molecule has 3 rings (SSSR count). The van der Waals surface area contributed by atoms with E-state index in [1.807, 2.05) is 0 Å². The predicted molar refractivity (Wildman–Crippen MR) is 87.1 cm³/mol. The van der Waals surface area contributed by atoms with Crippen molar-refractivity contribution in [2.24, 2.45) is 0 Å². The van der Waals surface area contributed by atoms with Gasteiger partial charge in [-0.15, -0.1) is 0 Å². The molecule has 1 aromatic carbocycles. The third-order valence-corrected chi connectivity index (χ3v) is 3.93. The predicted octanol–water partition coefficient (Wildman–Crippen LogP) is 2.61. The van der Waals surface area contributed by atoms with E-state index in [2.05, 4.69) is 46.1 Å². The summed E-state index contributed by atoms with van der Waals surface area (Å²) in [5.41, 5.74) is 15.1. The quantitative estimate of drug-likeness (QED) is 0.885. The SMILES string of the molecule is Cc1ccc(-c2c(N)nc(N)nc2N2CCCCC2)cc1. The van der Waals surface area contributed by atoms with Gasteiger partial charge in [0, 0.05) is 13.1 Å². The number of benzene rings is 1. The maximum atomic E-state index is 6.14. The minimum Gasteiger partial charge on any atom is -0.383 e. The van der Waals surface area contributed by atoms with Gasteiger partial charge in [-0.25, -0.2) is 0 Å². The molecular formula is C16H21N5. The zero-order chi connectivity index (χ0) is 14.8. The third kappa shape index (κ3) is 2.77. The molecule has 2 heterocycles. The average Bonchev–Trinajstić information content (AvgIpc) is 2.49. The van der Waals surface area contributed by atoms with E-state index in [1.54, 1.807) is 0 Å². The number of nitrogen functional groups attached to an aromatic ring is 2. The van der Waals surface area contributed by atoms with E-state index in [1.165, 1.54) is 24.8 Å². The summed E-state index contributed by atoms with van der Waals surface area (Å²) in [5, 5.41) is 0. The molecule has 0 saturated carbocycles. The van der Waals surface area contributed by atoms with Crippen molar-refractivity contribution in [1.82, 2.24) is 9.97 Å². The maximum absolute atomic E-state index is 6.14. The Balaban J connectivity index is 2.11. The zero-order valence-electron chi connectivity index (χ0n) is 12.3. The van der Waals surface area contributed by atoms with Crippen molar-refractivity contribution in [3.63, 3.8) is 0 Å². The number of aromatic nitrogens is 2. The van der Waals surface area contributed by atoms with Crippen LogP contribution in [0.4, 0.5) is 17.6 Å². The molecule has 0 atom stereocenters. The molecule has 1 aromatic heterocycles. The molecule has 5 nitrogen and oxygen atoms in total. The Labute approximate surface area is 125 Å². The monoisotopic (exact) mass is 283 g/mol. The highest BCUT2D eigenvalue weighted by Crippen LogP contribution is 2.35. The molecule has 0 radical (unpaired) electrons. The van der Waals surface area contributed by atoms with Gasteiger partial charge in [0.15, 0.2) is 0 Å². The number of nitrogens with two attached hydrogens (primary N) is 2. The highest BCUT2D eigenvalue weighted by molar-refractivity contribution is 5.85. The molecule has 0 aliphatic carbocycles. The first-order valence-corrected chi connectivity index (χ1v) is 7.40. The van der Waals surface area contributed by atoms with E-state index in [-0.39, 0.29) is 5.95 Å². The largest absolute Gasteiger partial charge is 0.383 e. The van der Waals surface area contributed by atoms with Gasteiger partial charge in [0.25, 0.3) is 0 Å². The van der Waals surface area contributed by atoms with Crippen LogP contribution in [0.5, 0.6) is 0 Å². The fourth-order valence-electron chi connectivity index (χ4n) is 2.82. The number of hydrogen-bond donors (Lipinski definition) is 2. The number of nitrogens with zero attached hydrogens (tertiary/aromatic N) is 3. The molecule has 5 heteroatoms. The minimum atomic E-state index is 0.240. The molecule has 0 bridgehead atoms. The van der Waals surface area contributed by atoms with E-state index < -0.39 is 0 Å². The fourth-order valence-corrected chi connectivity index (χ4v) is 2.82. The van der Waals surface area contributed by atoms with Crippen molar-refractivity contribution in [2.75, 3.05) is 29.5 Å². The van der Waals surface area contributed by atoms with Crippen LogP contribution in [0.2, 0.25) is 0 Å². The lowest BCUT2D eigenvalue weighted by Crippen LogP contribution is -2.31. The summed E-state index contributed by atoms with van der Waals surface area (Å²) in [7, 11) is 0. The molecular weight excluding hydrogens is 262 g/mol. The summed E-state index contributed by atoms with van der Waals surface area (Å²) in [6.07, 6.45) is 3.63. The number of piperidine rings is 1. The molecule has 1 aliphatic rings. The Kier molecular flexibility index (Phi) is 3.64. The summed E-state index contributed by atoms with van der Waals surface area (Å²) < 4.78 is 0. The summed E-state index contributed by atoms with van der Waals surface area (Å²) >= 11 is 0. The second-order valence-electron chi connectivity index (χ2n) is 5.58. The Morgan fingerprint density at radius 2 is 1.62 bits per heavy atom. The Morgan fingerprint density at radius 1 is 0.952 bits per heavy atom. The molecule has 110 valence electrons. The summed E-state index contributed by atoms with van der Waals surface area (Å²) in [6, 6.07) is 8.28. The van der Waals surface area contributed by atoms with E-state index >= 15 is 0 Å². The lowest BCUT2D eigenvalue weighted by molar-refractivity contribution is 0.574. The van der Waals surface area contributed by atoms with E-state index in [9.17, 15) is 0 Å². The van der Waals surface area contributed by atoms with Gasteiger partial charge in [0.1, 0.15) is 11.6 Å². The van der Waals surface area contributed by atoms with Crippen LogP contribution >= 0.6 is 0 Å². The van der Waals surface area contributed by atoms with Crippen LogP contribution in [0, 0.1) is 6.92 Å². The first kappa shape index (κ1) is 13.7. The van der Waals surface area contributed by atoms with Gasteiger partial charge in [-0.2, -0.15) is 9.97 Å². The van der Waals surface area contributed by atoms with Crippen molar-refractivity contribution < 1.29 is 0 Å². The van der Waals surface area contributed by atoms with E-state index in [0.29, 0.717) is 5.82 Å². The van der Waals surface area contributed by atoms with E-state index in [4.69, 9.17) is 11.5 Å². The normalized spacial score (nSPS) is 15.2. The van der Waals surface area contributed by atoms with Crippen LogP contribution in [-0.4, -0.2) is 23.1 Å². The van der Waals surface area contributed by atoms with Crippen molar-refractivity contribution in [1.29, 1.82) is 0 Å². The molecule has 21 heavy (non-hydrogen) atoms. The molecule has 2 aromatic rings. The van der Waals surface area contributed by atoms with Gasteiger partial charge in [-0.1, -0.05) is 29.8 Å². The summed E-state index contributed by atoms with van der Waals surface area (Å²) in [4.78, 5) is 10.9. The maximum Gasteiger partial charge on any atom is 0.223 e. The molecule has 0 unspecified atom stereocenters. The van der Waals surface area contributed by atoms with Crippen molar-refractivity contribution >= 4 is 17.6 Å². The molecule has 1 aliphatic heterocycles.